The van der Waals surface area contributed by atoms with E-state index in [-0.39, 0.29) is 11.7 Å². The van der Waals surface area contributed by atoms with E-state index in [1.165, 1.54) is 17.3 Å². The zero-order valence-corrected chi connectivity index (χ0v) is 16.8. The van der Waals surface area contributed by atoms with Crippen LogP contribution in [0.3, 0.4) is 0 Å². The van der Waals surface area contributed by atoms with Crippen molar-refractivity contribution in [2.75, 3.05) is 16.4 Å². The second kappa shape index (κ2) is 9.12. The molecule has 0 bridgehead atoms. The van der Waals surface area contributed by atoms with Gasteiger partial charge in [0.2, 0.25) is 11.1 Å². The number of benzene rings is 2. The minimum atomic E-state index is -0.178. The van der Waals surface area contributed by atoms with Crippen LogP contribution in [0.4, 0.5) is 11.4 Å². The van der Waals surface area contributed by atoms with Gasteiger partial charge in [-0.3, -0.25) is 9.89 Å². The Hall–Kier alpha value is -2.22. The number of thioether (sulfide) groups is 1. The van der Waals surface area contributed by atoms with Gasteiger partial charge in [0, 0.05) is 11.4 Å². The van der Waals surface area contributed by atoms with Crippen molar-refractivity contribution in [1.82, 2.24) is 15.2 Å². The predicted octanol–water partition coefficient (Wildman–Crippen LogP) is 4.76. The minimum Gasteiger partial charge on any atom is -0.378 e. The quantitative estimate of drug-likeness (QED) is 0.478. The Morgan fingerprint density at radius 3 is 2.59 bits per heavy atom. The molecule has 0 aliphatic rings. The molecule has 1 amide bonds. The van der Waals surface area contributed by atoms with Crippen LogP contribution in [0, 0.1) is 6.92 Å². The summed E-state index contributed by atoms with van der Waals surface area (Å²) in [5, 5.41) is 14.3. The van der Waals surface area contributed by atoms with Gasteiger partial charge in [0.25, 0.3) is 0 Å². The highest BCUT2D eigenvalue weighted by Gasteiger charge is 2.09. The number of hydrogen-bond acceptors (Lipinski definition) is 5. The van der Waals surface area contributed by atoms with E-state index in [0.717, 1.165) is 5.69 Å². The summed E-state index contributed by atoms with van der Waals surface area (Å²) in [7, 11) is 0. The van der Waals surface area contributed by atoms with Crippen molar-refractivity contribution in [3.05, 3.63) is 63.9 Å². The summed E-state index contributed by atoms with van der Waals surface area (Å²) in [4.78, 5) is 16.4. The Balaban J connectivity index is 1.46. The van der Waals surface area contributed by atoms with Gasteiger partial charge in [-0.2, -0.15) is 0 Å². The highest BCUT2D eigenvalue weighted by molar-refractivity contribution is 7.99. The second-order valence-corrected chi connectivity index (χ2v) is 7.51. The number of aromatic nitrogens is 3. The zero-order chi connectivity index (χ0) is 19.2. The van der Waals surface area contributed by atoms with Crippen LogP contribution < -0.4 is 10.6 Å². The largest absolute Gasteiger partial charge is 0.378 e. The zero-order valence-electron chi connectivity index (χ0n) is 14.4. The minimum absolute atomic E-state index is 0.178. The molecule has 0 unspecified atom stereocenters. The lowest BCUT2D eigenvalue weighted by Crippen LogP contribution is -2.14. The van der Waals surface area contributed by atoms with Crippen LogP contribution >= 0.6 is 35.0 Å². The van der Waals surface area contributed by atoms with Gasteiger partial charge < -0.3 is 10.6 Å². The van der Waals surface area contributed by atoms with Crippen molar-refractivity contribution in [3.63, 3.8) is 0 Å². The normalized spacial score (nSPS) is 10.6. The summed E-state index contributed by atoms with van der Waals surface area (Å²) in [6.45, 7) is 2.56. The number of H-pyrrole nitrogens is 1. The maximum atomic E-state index is 12.0. The van der Waals surface area contributed by atoms with Crippen LogP contribution in [0.2, 0.25) is 10.0 Å². The first-order chi connectivity index (χ1) is 13.0. The van der Waals surface area contributed by atoms with Crippen molar-refractivity contribution < 1.29 is 4.79 Å². The lowest BCUT2D eigenvalue weighted by atomic mass is 10.2. The van der Waals surface area contributed by atoms with E-state index in [1.807, 2.05) is 31.2 Å². The maximum Gasteiger partial charge on any atom is 0.234 e. The number of halogens is 2. The van der Waals surface area contributed by atoms with E-state index in [0.29, 0.717) is 33.3 Å². The lowest BCUT2D eigenvalue weighted by molar-refractivity contribution is -0.113. The number of anilines is 2. The summed E-state index contributed by atoms with van der Waals surface area (Å²) in [6, 6.07) is 13.0. The molecule has 6 nitrogen and oxygen atoms in total. The van der Waals surface area contributed by atoms with E-state index >= 15 is 0 Å². The van der Waals surface area contributed by atoms with E-state index < -0.39 is 0 Å². The van der Waals surface area contributed by atoms with Crippen molar-refractivity contribution in [2.24, 2.45) is 0 Å². The van der Waals surface area contributed by atoms with Gasteiger partial charge in [-0.25, -0.2) is 4.98 Å². The van der Waals surface area contributed by atoms with Crippen molar-refractivity contribution >= 4 is 52.2 Å². The van der Waals surface area contributed by atoms with Gasteiger partial charge >= 0.3 is 0 Å². The first kappa shape index (κ1) is 19.5. The monoisotopic (exact) mass is 421 g/mol. The summed E-state index contributed by atoms with van der Waals surface area (Å²) in [5.74, 6) is 0.702. The molecule has 140 valence electrons. The number of aromatic amines is 1. The molecule has 0 spiro atoms. The number of amides is 1. The van der Waals surface area contributed by atoms with Gasteiger partial charge in [-0.05, 0) is 37.3 Å². The van der Waals surface area contributed by atoms with Crippen molar-refractivity contribution in [3.8, 4) is 0 Å². The van der Waals surface area contributed by atoms with Gasteiger partial charge in [0.05, 0.1) is 22.3 Å². The van der Waals surface area contributed by atoms with Crippen LogP contribution in [0.5, 0.6) is 0 Å². The Bertz CT molecular complexity index is 930. The molecule has 0 saturated heterocycles. The van der Waals surface area contributed by atoms with E-state index in [9.17, 15) is 4.79 Å². The number of carbonyl (C=O) groups excluding carboxylic acids is 1. The highest BCUT2D eigenvalue weighted by Crippen LogP contribution is 2.25. The first-order valence-corrected chi connectivity index (χ1v) is 9.83. The Morgan fingerprint density at radius 2 is 1.85 bits per heavy atom. The SMILES string of the molecule is Cc1ccc(NCc2nc(SCC(=O)Nc3ccc(Cl)c(Cl)c3)n[nH]2)cc1. The average Bonchev–Trinajstić information content (AvgIpc) is 3.11. The van der Waals surface area contributed by atoms with E-state index in [4.69, 9.17) is 23.2 Å². The van der Waals surface area contributed by atoms with Gasteiger partial charge in [0.15, 0.2) is 0 Å². The highest BCUT2D eigenvalue weighted by atomic mass is 35.5. The third-order valence-corrected chi connectivity index (χ3v) is 5.14. The smallest absolute Gasteiger partial charge is 0.234 e. The average molecular weight is 422 g/mol. The predicted molar refractivity (Wildman–Crippen MR) is 111 cm³/mol. The molecule has 2 aromatic carbocycles. The maximum absolute atomic E-state index is 12.0. The van der Waals surface area contributed by atoms with Gasteiger partial charge in [-0.15, -0.1) is 5.10 Å². The third kappa shape index (κ3) is 5.89. The molecule has 3 N–H and O–H groups in total. The molecule has 27 heavy (non-hydrogen) atoms. The molecule has 3 rings (SSSR count). The number of rotatable bonds is 7. The third-order valence-electron chi connectivity index (χ3n) is 3.56. The molecular formula is C18H17Cl2N5OS. The molecule has 0 radical (unpaired) electrons. The Morgan fingerprint density at radius 1 is 1.11 bits per heavy atom. The molecule has 9 heteroatoms. The van der Waals surface area contributed by atoms with Crippen LogP contribution in [0.15, 0.2) is 47.6 Å². The molecule has 1 aromatic heterocycles. The second-order valence-electron chi connectivity index (χ2n) is 5.75. The number of carbonyl (C=O) groups is 1. The molecule has 0 fully saturated rings. The molecule has 0 aliphatic heterocycles. The summed E-state index contributed by atoms with van der Waals surface area (Å²) >= 11 is 13.0. The fourth-order valence-electron chi connectivity index (χ4n) is 2.18. The van der Waals surface area contributed by atoms with Crippen LogP contribution in [0.25, 0.3) is 0 Å². The number of hydrogen-bond donors (Lipinski definition) is 3. The lowest BCUT2D eigenvalue weighted by Gasteiger charge is -2.05. The number of nitrogens with one attached hydrogen (secondary N) is 3. The van der Waals surface area contributed by atoms with Crippen molar-refractivity contribution in [2.45, 2.75) is 18.6 Å². The van der Waals surface area contributed by atoms with Gasteiger partial charge in [-0.1, -0.05) is 52.7 Å². The summed E-state index contributed by atoms with van der Waals surface area (Å²) < 4.78 is 0. The standard InChI is InChI=1S/C18H17Cl2N5OS/c1-11-2-4-12(5-3-11)21-9-16-23-18(25-24-16)27-10-17(26)22-13-6-7-14(19)15(20)8-13/h2-8,21H,9-10H2,1H3,(H,22,26)(H,23,24,25). The number of nitrogens with zero attached hydrogens (tertiary/aromatic N) is 2. The van der Waals surface area contributed by atoms with E-state index in [1.54, 1.807) is 18.2 Å². The van der Waals surface area contributed by atoms with Crippen LogP contribution in [0.1, 0.15) is 11.4 Å². The molecule has 0 atom stereocenters. The molecular weight excluding hydrogens is 405 g/mol. The van der Waals surface area contributed by atoms with Crippen LogP contribution in [-0.2, 0) is 11.3 Å². The summed E-state index contributed by atoms with van der Waals surface area (Å²) in [5.41, 5.74) is 2.80. The molecule has 0 saturated carbocycles. The Labute approximate surface area is 171 Å². The molecule has 1 heterocycles. The summed E-state index contributed by atoms with van der Waals surface area (Å²) in [6.07, 6.45) is 0. The first-order valence-electron chi connectivity index (χ1n) is 8.09. The van der Waals surface area contributed by atoms with E-state index in [2.05, 4.69) is 25.8 Å². The fraction of sp³-hybridized carbons (Fsp3) is 0.167. The number of aryl methyl sites for hydroxylation is 1. The van der Waals surface area contributed by atoms with Gasteiger partial charge in [0.1, 0.15) is 5.82 Å². The Kier molecular flexibility index (Phi) is 6.60. The fourth-order valence-corrected chi connectivity index (χ4v) is 3.10. The van der Waals surface area contributed by atoms with Crippen molar-refractivity contribution in [1.29, 1.82) is 0 Å². The molecule has 3 aromatic rings. The van der Waals surface area contributed by atoms with Crippen LogP contribution in [-0.4, -0.2) is 26.8 Å². The molecule has 0 aliphatic carbocycles. The topological polar surface area (TPSA) is 82.7 Å².